The number of methoxy groups -OCH3 is 1. The van der Waals surface area contributed by atoms with E-state index in [1.807, 2.05) is 50.2 Å². The van der Waals surface area contributed by atoms with Gasteiger partial charge < -0.3 is 23.7 Å². The van der Waals surface area contributed by atoms with Crippen molar-refractivity contribution in [2.45, 2.75) is 20.8 Å². The maximum atomic E-state index is 13.0. The first-order chi connectivity index (χ1) is 16.4. The van der Waals surface area contributed by atoms with Crippen LogP contribution in [0.1, 0.15) is 25.0 Å². The summed E-state index contributed by atoms with van der Waals surface area (Å²) in [4.78, 5) is 28.3. The van der Waals surface area contributed by atoms with Gasteiger partial charge in [-0.25, -0.2) is 4.79 Å². The van der Waals surface area contributed by atoms with Gasteiger partial charge >= 0.3 is 6.09 Å². The number of carbonyl (C=O) groups is 2. The van der Waals surface area contributed by atoms with E-state index in [0.29, 0.717) is 38.5 Å². The first kappa shape index (κ1) is 23.4. The molecule has 7 nitrogen and oxygen atoms in total. The summed E-state index contributed by atoms with van der Waals surface area (Å²) >= 11 is 0. The van der Waals surface area contributed by atoms with Crippen molar-refractivity contribution in [1.82, 2.24) is 9.80 Å². The molecule has 1 aliphatic heterocycles. The van der Waals surface area contributed by atoms with Gasteiger partial charge in [0.2, 0.25) is 5.91 Å². The van der Waals surface area contributed by atoms with Crippen LogP contribution in [-0.2, 0) is 9.53 Å². The highest BCUT2D eigenvalue weighted by atomic mass is 16.6. The number of rotatable bonds is 5. The number of benzene rings is 2. The molecule has 4 rings (SSSR count). The number of nitrogens with zero attached hydrogens (tertiary/aromatic N) is 2. The molecule has 34 heavy (non-hydrogen) atoms. The number of aryl methyl sites for hydroxylation is 1. The summed E-state index contributed by atoms with van der Waals surface area (Å²) in [7, 11) is 1.63. The molecule has 0 unspecified atom stereocenters. The Bertz CT molecular complexity index is 1220. The summed E-state index contributed by atoms with van der Waals surface area (Å²) in [5.41, 5.74) is 5.38. The molecular formula is C27H30N2O5. The van der Waals surface area contributed by atoms with Gasteiger partial charge in [-0.05, 0) is 38.0 Å². The van der Waals surface area contributed by atoms with E-state index in [1.54, 1.807) is 36.2 Å². The molecule has 0 aliphatic carbocycles. The van der Waals surface area contributed by atoms with E-state index in [0.717, 1.165) is 38.8 Å². The Labute approximate surface area is 199 Å². The van der Waals surface area contributed by atoms with E-state index in [-0.39, 0.29) is 12.0 Å². The predicted octanol–water partition coefficient (Wildman–Crippen LogP) is 5.12. The first-order valence-electron chi connectivity index (χ1n) is 11.5. The largest absolute Gasteiger partial charge is 0.496 e. The van der Waals surface area contributed by atoms with Crippen LogP contribution in [0, 0.1) is 6.92 Å². The number of hydrogen-bond acceptors (Lipinski definition) is 5. The number of ether oxygens (including phenoxy) is 2. The van der Waals surface area contributed by atoms with Crippen molar-refractivity contribution in [3.63, 3.8) is 0 Å². The van der Waals surface area contributed by atoms with Crippen LogP contribution in [0.15, 0.2) is 53.2 Å². The van der Waals surface area contributed by atoms with E-state index in [1.165, 1.54) is 0 Å². The minimum Gasteiger partial charge on any atom is -0.496 e. The highest BCUT2D eigenvalue weighted by molar-refractivity contribution is 6.01. The monoisotopic (exact) mass is 462 g/mol. The third-order valence-electron chi connectivity index (χ3n) is 6.22. The molecule has 1 aliphatic rings. The van der Waals surface area contributed by atoms with Gasteiger partial charge in [0.1, 0.15) is 11.3 Å². The molecule has 0 N–H and O–H groups in total. The number of carbonyl (C=O) groups excluding carboxylic acids is 2. The van der Waals surface area contributed by atoms with Crippen molar-refractivity contribution in [2.75, 3.05) is 39.9 Å². The fourth-order valence-electron chi connectivity index (χ4n) is 4.39. The quantitative estimate of drug-likeness (QED) is 0.492. The lowest BCUT2D eigenvalue weighted by Crippen LogP contribution is -2.50. The lowest BCUT2D eigenvalue weighted by Gasteiger charge is -2.33. The van der Waals surface area contributed by atoms with Crippen LogP contribution in [0.3, 0.4) is 0 Å². The first-order valence-corrected chi connectivity index (χ1v) is 11.5. The zero-order chi connectivity index (χ0) is 24.2. The topological polar surface area (TPSA) is 72.2 Å². The van der Waals surface area contributed by atoms with Crippen LogP contribution >= 0.6 is 0 Å². The molecule has 1 fully saturated rings. The molecule has 2 aromatic carbocycles. The molecule has 0 saturated carbocycles. The molecule has 1 saturated heterocycles. The second-order valence-corrected chi connectivity index (χ2v) is 8.31. The van der Waals surface area contributed by atoms with Crippen molar-refractivity contribution in [3.8, 4) is 16.9 Å². The summed E-state index contributed by atoms with van der Waals surface area (Å²) in [6, 6.07) is 12.1. The molecule has 2 heterocycles. The van der Waals surface area contributed by atoms with Crippen LogP contribution in [0.5, 0.6) is 5.75 Å². The fourth-order valence-corrected chi connectivity index (χ4v) is 4.39. The SMILES string of the molecule is CCOC(=O)N1CCN(C(=O)/C=C(\C)c2cc3c(-c4ccccc4)coc3c(C)c2OC)CC1. The van der Waals surface area contributed by atoms with Crippen LogP contribution in [0.25, 0.3) is 27.7 Å². The lowest BCUT2D eigenvalue weighted by atomic mass is 9.96. The minimum atomic E-state index is -0.329. The lowest BCUT2D eigenvalue weighted by molar-refractivity contribution is -0.127. The Morgan fingerprint density at radius 1 is 1.09 bits per heavy atom. The highest BCUT2D eigenvalue weighted by Crippen LogP contribution is 2.40. The van der Waals surface area contributed by atoms with Gasteiger partial charge in [0.25, 0.3) is 0 Å². The number of allylic oxidation sites excluding steroid dienone is 1. The normalized spacial score (nSPS) is 14.4. The Hall–Kier alpha value is -3.74. The second-order valence-electron chi connectivity index (χ2n) is 8.31. The average molecular weight is 463 g/mol. The third kappa shape index (κ3) is 4.51. The van der Waals surface area contributed by atoms with Gasteiger partial charge in [0.05, 0.1) is 20.0 Å². The van der Waals surface area contributed by atoms with Crippen LogP contribution in [0.2, 0.25) is 0 Å². The fraction of sp³-hybridized carbons (Fsp3) is 0.333. The van der Waals surface area contributed by atoms with Gasteiger partial charge in [-0.3, -0.25) is 4.79 Å². The van der Waals surface area contributed by atoms with E-state index in [2.05, 4.69) is 0 Å². The smallest absolute Gasteiger partial charge is 0.409 e. The predicted molar refractivity (Wildman–Crippen MR) is 132 cm³/mol. The molecular weight excluding hydrogens is 432 g/mol. The number of amides is 2. The van der Waals surface area contributed by atoms with E-state index in [4.69, 9.17) is 13.9 Å². The zero-order valence-corrected chi connectivity index (χ0v) is 20.1. The Morgan fingerprint density at radius 2 is 1.76 bits per heavy atom. The Balaban J connectivity index is 1.62. The highest BCUT2D eigenvalue weighted by Gasteiger charge is 2.25. The van der Waals surface area contributed by atoms with Crippen molar-refractivity contribution in [1.29, 1.82) is 0 Å². The molecule has 1 aromatic heterocycles. The van der Waals surface area contributed by atoms with Crippen molar-refractivity contribution in [3.05, 3.63) is 59.9 Å². The van der Waals surface area contributed by atoms with Crippen molar-refractivity contribution >= 4 is 28.5 Å². The van der Waals surface area contributed by atoms with Crippen LogP contribution in [-0.4, -0.2) is 61.7 Å². The van der Waals surface area contributed by atoms with E-state index >= 15 is 0 Å². The molecule has 0 bridgehead atoms. The van der Waals surface area contributed by atoms with Crippen molar-refractivity contribution < 1.29 is 23.5 Å². The van der Waals surface area contributed by atoms with Gasteiger partial charge in [0.15, 0.2) is 0 Å². The van der Waals surface area contributed by atoms with Crippen molar-refractivity contribution in [2.24, 2.45) is 0 Å². The van der Waals surface area contributed by atoms with Gasteiger partial charge in [-0.1, -0.05) is 30.3 Å². The molecule has 7 heteroatoms. The third-order valence-corrected chi connectivity index (χ3v) is 6.22. The Morgan fingerprint density at radius 3 is 2.41 bits per heavy atom. The molecule has 0 spiro atoms. The van der Waals surface area contributed by atoms with Crippen LogP contribution in [0.4, 0.5) is 4.79 Å². The maximum absolute atomic E-state index is 13.0. The summed E-state index contributed by atoms with van der Waals surface area (Å²) < 4.78 is 16.7. The minimum absolute atomic E-state index is 0.0868. The average Bonchev–Trinajstić information content (AvgIpc) is 3.29. The maximum Gasteiger partial charge on any atom is 0.409 e. The summed E-state index contributed by atoms with van der Waals surface area (Å²) in [6.45, 7) is 7.86. The number of piperazine rings is 1. The molecule has 2 amide bonds. The van der Waals surface area contributed by atoms with Crippen LogP contribution < -0.4 is 4.74 Å². The number of hydrogen-bond donors (Lipinski definition) is 0. The summed E-state index contributed by atoms with van der Waals surface area (Å²) in [5.74, 6) is 0.603. The summed E-state index contributed by atoms with van der Waals surface area (Å²) in [5, 5.41) is 0.975. The van der Waals surface area contributed by atoms with Gasteiger partial charge in [0, 0.05) is 54.3 Å². The molecule has 0 atom stereocenters. The van der Waals surface area contributed by atoms with E-state index < -0.39 is 0 Å². The van der Waals surface area contributed by atoms with Gasteiger partial charge in [-0.2, -0.15) is 0 Å². The summed E-state index contributed by atoms with van der Waals surface area (Å²) in [6.07, 6.45) is 3.08. The zero-order valence-electron chi connectivity index (χ0n) is 20.1. The molecule has 178 valence electrons. The number of furan rings is 1. The second kappa shape index (κ2) is 10.0. The van der Waals surface area contributed by atoms with E-state index in [9.17, 15) is 9.59 Å². The molecule has 0 radical (unpaired) electrons. The van der Waals surface area contributed by atoms with Gasteiger partial charge in [-0.15, -0.1) is 0 Å². The number of fused-ring (bicyclic) bond motifs is 1. The standard InChI is InChI=1S/C27H30N2O5/c1-5-33-27(31)29-13-11-28(12-14-29)24(30)15-18(2)21-16-22-23(20-9-7-6-8-10-20)17-34-26(22)19(3)25(21)32-4/h6-10,15-17H,5,11-14H2,1-4H3/b18-15+. The molecule has 3 aromatic rings. The Kier molecular flexibility index (Phi) is 6.91.